The number of nitrogens with one attached hydrogen (secondary N) is 1. The first-order valence-electron chi connectivity index (χ1n) is 6.53. The van der Waals surface area contributed by atoms with Crippen molar-refractivity contribution in [3.8, 4) is 5.75 Å². The number of aromatic amines is 1. The minimum absolute atomic E-state index is 0.0341. The van der Waals surface area contributed by atoms with E-state index in [-0.39, 0.29) is 17.3 Å². The Bertz CT molecular complexity index is 724. The highest BCUT2D eigenvalue weighted by Crippen LogP contribution is 2.27. The topological polar surface area (TPSA) is 64.1 Å². The maximum absolute atomic E-state index is 12.5. The molecule has 2 aromatic rings. The van der Waals surface area contributed by atoms with Gasteiger partial charge in [-0.15, -0.1) is 0 Å². The molecule has 100 valence electrons. The first kappa shape index (κ1) is 12.0. The number of nitrogens with zero attached hydrogens (tertiary/aromatic N) is 1. The van der Waals surface area contributed by atoms with E-state index in [1.807, 2.05) is 0 Å². The fourth-order valence-electron chi connectivity index (χ4n) is 2.83. The van der Waals surface area contributed by atoms with Gasteiger partial charge in [0.2, 0.25) is 0 Å². The van der Waals surface area contributed by atoms with Gasteiger partial charge in [-0.1, -0.05) is 12.8 Å². The van der Waals surface area contributed by atoms with Crippen LogP contribution in [0.3, 0.4) is 0 Å². The van der Waals surface area contributed by atoms with Gasteiger partial charge in [0.15, 0.2) is 0 Å². The van der Waals surface area contributed by atoms with Gasteiger partial charge in [-0.05, 0) is 31.0 Å². The van der Waals surface area contributed by atoms with Gasteiger partial charge >= 0.3 is 5.69 Å². The summed E-state index contributed by atoms with van der Waals surface area (Å²) in [6.45, 7) is 0. The standard InChI is InChI=1S/C14H16N2O3/c1-19-10-6-7-12-11(8-10)13(17)16(14(18)15-12)9-4-2-3-5-9/h6-9H,2-5H2,1H3,(H,15,18). The predicted molar refractivity (Wildman–Crippen MR) is 72.9 cm³/mol. The van der Waals surface area contributed by atoms with Crippen LogP contribution >= 0.6 is 0 Å². The van der Waals surface area contributed by atoms with E-state index in [1.54, 1.807) is 25.3 Å². The number of ether oxygens (including phenoxy) is 1. The largest absolute Gasteiger partial charge is 0.497 e. The van der Waals surface area contributed by atoms with Crippen molar-refractivity contribution in [3.05, 3.63) is 39.0 Å². The molecule has 1 aliphatic carbocycles. The molecule has 5 nitrogen and oxygen atoms in total. The summed E-state index contributed by atoms with van der Waals surface area (Å²) < 4.78 is 6.50. The Morgan fingerprint density at radius 3 is 2.68 bits per heavy atom. The zero-order valence-corrected chi connectivity index (χ0v) is 10.8. The van der Waals surface area contributed by atoms with Crippen LogP contribution in [-0.2, 0) is 0 Å². The van der Waals surface area contributed by atoms with Gasteiger partial charge in [-0.3, -0.25) is 9.36 Å². The number of benzene rings is 1. The Labute approximate surface area is 109 Å². The molecule has 1 N–H and O–H groups in total. The number of rotatable bonds is 2. The normalized spacial score (nSPS) is 16.1. The van der Waals surface area contributed by atoms with Gasteiger partial charge in [-0.2, -0.15) is 0 Å². The fourth-order valence-corrected chi connectivity index (χ4v) is 2.83. The lowest BCUT2D eigenvalue weighted by atomic mass is 10.2. The van der Waals surface area contributed by atoms with Crippen LogP contribution in [0.2, 0.25) is 0 Å². The first-order chi connectivity index (χ1) is 9.20. The van der Waals surface area contributed by atoms with Crippen molar-refractivity contribution in [2.75, 3.05) is 7.11 Å². The minimum Gasteiger partial charge on any atom is -0.497 e. The van der Waals surface area contributed by atoms with Gasteiger partial charge in [0.25, 0.3) is 5.56 Å². The summed E-state index contributed by atoms with van der Waals surface area (Å²) in [4.78, 5) is 27.3. The van der Waals surface area contributed by atoms with Crippen molar-refractivity contribution in [1.82, 2.24) is 9.55 Å². The van der Waals surface area contributed by atoms with Crippen LogP contribution in [-0.4, -0.2) is 16.7 Å². The third-order valence-electron chi connectivity index (χ3n) is 3.83. The molecule has 0 spiro atoms. The smallest absolute Gasteiger partial charge is 0.329 e. The van der Waals surface area contributed by atoms with E-state index < -0.39 is 0 Å². The molecule has 1 aliphatic rings. The van der Waals surface area contributed by atoms with E-state index in [1.165, 1.54) is 4.57 Å². The number of hydrogen-bond donors (Lipinski definition) is 1. The molecule has 1 heterocycles. The SMILES string of the molecule is COc1ccc2[nH]c(=O)n(C3CCCC3)c(=O)c2c1. The molecule has 1 saturated carbocycles. The molecule has 0 radical (unpaired) electrons. The molecular formula is C14H16N2O3. The molecule has 0 bridgehead atoms. The second-order valence-corrected chi connectivity index (χ2v) is 4.96. The Morgan fingerprint density at radius 1 is 1.26 bits per heavy atom. The number of aromatic nitrogens is 2. The van der Waals surface area contributed by atoms with Crippen LogP contribution in [0, 0.1) is 0 Å². The summed E-state index contributed by atoms with van der Waals surface area (Å²) in [7, 11) is 1.56. The molecule has 1 aromatic heterocycles. The lowest BCUT2D eigenvalue weighted by molar-refractivity contribution is 0.415. The lowest BCUT2D eigenvalue weighted by Gasteiger charge is -2.13. The van der Waals surface area contributed by atoms with E-state index in [9.17, 15) is 9.59 Å². The van der Waals surface area contributed by atoms with E-state index in [2.05, 4.69) is 4.98 Å². The van der Waals surface area contributed by atoms with Crippen LogP contribution in [0.25, 0.3) is 10.9 Å². The van der Waals surface area contributed by atoms with Gasteiger partial charge in [-0.25, -0.2) is 4.79 Å². The molecule has 0 atom stereocenters. The Balaban J connectivity index is 2.27. The van der Waals surface area contributed by atoms with Crippen molar-refractivity contribution < 1.29 is 4.74 Å². The summed E-state index contributed by atoms with van der Waals surface area (Å²) in [5, 5.41) is 0.505. The van der Waals surface area contributed by atoms with Gasteiger partial charge in [0.1, 0.15) is 5.75 Å². The van der Waals surface area contributed by atoms with Crippen LogP contribution in [0.4, 0.5) is 0 Å². The molecule has 5 heteroatoms. The Morgan fingerprint density at radius 2 is 2.00 bits per heavy atom. The summed E-state index contributed by atoms with van der Waals surface area (Å²) in [5.74, 6) is 0.620. The van der Waals surface area contributed by atoms with E-state index in [0.29, 0.717) is 16.7 Å². The quantitative estimate of drug-likeness (QED) is 0.895. The van der Waals surface area contributed by atoms with Crippen LogP contribution < -0.4 is 16.0 Å². The van der Waals surface area contributed by atoms with Crippen molar-refractivity contribution in [2.45, 2.75) is 31.7 Å². The highest BCUT2D eigenvalue weighted by Gasteiger charge is 2.21. The second kappa shape index (κ2) is 4.57. The van der Waals surface area contributed by atoms with Crippen molar-refractivity contribution in [3.63, 3.8) is 0 Å². The van der Waals surface area contributed by atoms with Crippen LogP contribution in [0.5, 0.6) is 5.75 Å². The van der Waals surface area contributed by atoms with Gasteiger partial charge < -0.3 is 9.72 Å². The molecule has 3 rings (SSSR count). The van der Waals surface area contributed by atoms with Crippen molar-refractivity contribution in [2.24, 2.45) is 0 Å². The molecule has 0 unspecified atom stereocenters. The van der Waals surface area contributed by atoms with Gasteiger partial charge in [0.05, 0.1) is 18.0 Å². The average molecular weight is 260 g/mol. The number of fused-ring (bicyclic) bond motifs is 1. The molecule has 0 saturated heterocycles. The zero-order chi connectivity index (χ0) is 13.4. The highest BCUT2D eigenvalue weighted by molar-refractivity contribution is 5.78. The molecule has 0 aliphatic heterocycles. The number of methoxy groups -OCH3 is 1. The third kappa shape index (κ3) is 1.95. The molecule has 1 fully saturated rings. The summed E-state index contributed by atoms with van der Waals surface area (Å²) in [5.41, 5.74) is 0.0316. The average Bonchev–Trinajstić information content (AvgIpc) is 2.92. The fraction of sp³-hybridized carbons (Fsp3) is 0.429. The Hall–Kier alpha value is -2.04. The van der Waals surface area contributed by atoms with Crippen molar-refractivity contribution in [1.29, 1.82) is 0 Å². The monoisotopic (exact) mass is 260 g/mol. The van der Waals surface area contributed by atoms with E-state index in [4.69, 9.17) is 4.74 Å². The van der Waals surface area contributed by atoms with Crippen molar-refractivity contribution >= 4 is 10.9 Å². The van der Waals surface area contributed by atoms with Crippen LogP contribution in [0.1, 0.15) is 31.7 Å². The zero-order valence-electron chi connectivity index (χ0n) is 10.8. The van der Waals surface area contributed by atoms with E-state index in [0.717, 1.165) is 25.7 Å². The summed E-state index contributed by atoms with van der Waals surface area (Å²) in [6, 6.07) is 5.15. The second-order valence-electron chi connectivity index (χ2n) is 4.96. The predicted octanol–water partition coefficient (Wildman–Crippen LogP) is 1.81. The molecular weight excluding hydrogens is 244 g/mol. The lowest BCUT2D eigenvalue weighted by Crippen LogP contribution is -2.37. The summed E-state index contributed by atoms with van der Waals surface area (Å²) >= 11 is 0. The molecule has 0 amide bonds. The number of hydrogen-bond acceptors (Lipinski definition) is 3. The Kier molecular flexibility index (Phi) is 2.89. The first-order valence-corrected chi connectivity index (χ1v) is 6.53. The van der Waals surface area contributed by atoms with Gasteiger partial charge in [0, 0.05) is 6.04 Å². The maximum Gasteiger partial charge on any atom is 0.329 e. The highest BCUT2D eigenvalue weighted by atomic mass is 16.5. The maximum atomic E-state index is 12.5. The van der Waals surface area contributed by atoms with Crippen LogP contribution in [0.15, 0.2) is 27.8 Å². The van der Waals surface area contributed by atoms with E-state index >= 15 is 0 Å². The molecule has 19 heavy (non-hydrogen) atoms. The number of H-pyrrole nitrogens is 1. The minimum atomic E-state index is -0.311. The summed E-state index contributed by atoms with van der Waals surface area (Å²) in [6.07, 6.45) is 3.95. The molecule has 1 aromatic carbocycles. The third-order valence-corrected chi connectivity index (χ3v) is 3.83.